The van der Waals surface area contributed by atoms with Gasteiger partial charge in [-0.1, -0.05) is 0 Å². The van der Waals surface area contributed by atoms with Gasteiger partial charge in [0.1, 0.15) is 5.78 Å². The van der Waals surface area contributed by atoms with Crippen LogP contribution in [0.4, 0.5) is 5.69 Å². The van der Waals surface area contributed by atoms with E-state index in [1.54, 1.807) is 18.3 Å². The number of nitrogens with one attached hydrogen (secondary N) is 1. The Bertz CT molecular complexity index is 344. The van der Waals surface area contributed by atoms with Crippen molar-refractivity contribution in [3.63, 3.8) is 0 Å². The largest absolute Gasteiger partial charge is 0.324 e. The molecular formula is C10H12N2O2. The summed E-state index contributed by atoms with van der Waals surface area (Å²) in [7, 11) is 0. The molecule has 0 aromatic carbocycles. The smallest absolute Gasteiger partial charge is 0.231 e. The number of ketones is 1. The fourth-order valence-corrected chi connectivity index (χ4v) is 0.973. The van der Waals surface area contributed by atoms with Gasteiger partial charge in [0.25, 0.3) is 0 Å². The number of carbonyl (C=O) groups excluding carboxylic acids is 2. The molecule has 1 N–H and O–H groups in total. The van der Waals surface area contributed by atoms with Gasteiger partial charge >= 0.3 is 0 Å². The minimum absolute atomic E-state index is 0.0894. The normalized spacial score (nSPS) is 9.57. The number of rotatable bonds is 3. The van der Waals surface area contributed by atoms with E-state index in [4.69, 9.17) is 0 Å². The molecule has 0 aliphatic carbocycles. The number of nitrogens with zero attached hydrogens (tertiary/aromatic N) is 1. The number of amides is 1. The van der Waals surface area contributed by atoms with Crippen molar-refractivity contribution in [3.8, 4) is 0 Å². The highest BCUT2D eigenvalue weighted by Crippen LogP contribution is 2.05. The standard InChI is InChI=1S/C10H12N2O2/c1-7-3-4-9(6-11-7)12-10(14)5-8(2)13/h3-4,6H,5H2,1-2H3,(H,12,14). The molecule has 0 aliphatic rings. The number of carbonyl (C=O) groups is 2. The first-order chi connectivity index (χ1) is 6.58. The van der Waals surface area contributed by atoms with Crippen LogP contribution in [0.25, 0.3) is 0 Å². The van der Waals surface area contributed by atoms with Crippen LogP contribution in [0, 0.1) is 6.92 Å². The zero-order valence-electron chi connectivity index (χ0n) is 8.20. The summed E-state index contributed by atoms with van der Waals surface area (Å²) in [6, 6.07) is 3.55. The lowest BCUT2D eigenvalue weighted by molar-refractivity contribution is -0.124. The number of anilines is 1. The number of aryl methyl sites for hydroxylation is 1. The molecule has 0 unspecified atom stereocenters. The molecule has 1 rings (SSSR count). The van der Waals surface area contributed by atoms with Gasteiger partial charge in [-0.25, -0.2) is 0 Å². The molecule has 14 heavy (non-hydrogen) atoms. The van der Waals surface area contributed by atoms with Crippen molar-refractivity contribution in [2.75, 3.05) is 5.32 Å². The first kappa shape index (κ1) is 10.4. The Morgan fingerprint density at radius 1 is 1.43 bits per heavy atom. The molecule has 0 spiro atoms. The predicted octanol–water partition coefficient (Wildman–Crippen LogP) is 1.31. The lowest BCUT2D eigenvalue weighted by Crippen LogP contribution is -2.14. The fourth-order valence-electron chi connectivity index (χ4n) is 0.973. The van der Waals surface area contributed by atoms with Crippen molar-refractivity contribution in [2.45, 2.75) is 20.3 Å². The third-order valence-corrected chi connectivity index (χ3v) is 1.60. The number of aromatic nitrogens is 1. The second-order valence-electron chi connectivity index (χ2n) is 3.12. The predicted molar refractivity (Wildman–Crippen MR) is 52.9 cm³/mol. The molecule has 74 valence electrons. The molecule has 0 saturated carbocycles. The summed E-state index contributed by atoms with van der Waals surface area (Å²) in [5.74, 6) is -0.453. The molecule has 1 amide bonds. The van der Waals surface area contributed by atoms with Crippen LogP contribution in [0.1, 0.15) is 19.0 Å². The Morgan fingerprint density at radius 3 is 2.64 bits per heavy atom. The highest BCUT2D eigenvalue weighted by atomic mass is 16.2. The fraction of sp³-hybridized carbons (Fsp3) is 0.300. The molecule has 1 aromatic rings. The van der Waals surface area contributed by atoms with E-state index in [1.165, 1.54) is 6.92 Å². The van der Waals surface area contributed by atoms with E-state index >= 15 is 0 Å². The average molecular weight is 192 g/mol. The van der Waals surface area contributed by atoms with Gasteiger partial charge in [-0.05, 0) is 26.0 Å². The molecule has 0 radical (unpaired) electrons. The lowest BCUT2D eigenvalue weighted by atomic mass is 10.3. The summed E-state index contributed by atoms with van der Waals surface area (Å²) in [6.07, 6.45) is 1.47. The Labute approximate surface area is 82.3 Å². The molecule has 0 saturated heterocycles. The maximum atomic E-state index is 11.1. The van der Waals surface area contributed by atoms with Crippen LogP contribution in [-0.2, 0) is 9.59 Å². The lowest BCUT2D eigenvalue weighted by Gasteiger charge is -2.02. The molecule has 4 nitrogen and oxygen atoms in total. The molecule has 4 heteroatoms. The maximum Gasteiger partial charge on any atom is 0.231 e. The van der Waals surface area contributed by atoms with Gasteiger partial charge in [-0.2, -0.15) is 0 Å². The van der Waals surface area contributed by atoms with E-state index in [0.717, 1.165) is 5.69 Å². The van der Waals surface area contributed by atoms with Gasteiger partial charge in [0.15, 0.2) is 0 Å². The Kier molecular flexibility index (Phi) is 3.34. The van der Waals surface area contributed by atoms with Gasteiger partial charge in [0.2, 0.25) is 5.91 Å². The number of hydrogen-bond acceptors (Lipinski definition) is 3. The van der Waals surface area contributed by atoms with Gasteiger partial charge in [0.05, 0.1) is 18.3 Å². The van der Waals surface area contributed by atoms with Gasteiger partial charge in [-0.15, -0.1) is 0 Å². The number of hydrogen-bond donors (Lipinski definition) is 1. The molecular weight excluding hydrogens is 180 g/mol. The van der Waals surface area contributed by atoms with Crippen molar-refractivity contribution >= 4 is 17.4 Å². The van der Waals surface area contributed by atoms with Crippen LogP contribution in [0.3, 0.4) is 0 Å². The van der Waals surface area contributed by atoms with Crippen LogP contribution in [0.2, 0.25) is 0 Å². The highest BCUT2D eigenvalue weighted by Gasteiger charge is 2.04. The van der Waals surface area contributed by atoms with Crippen molar-refractivity contribution in [2.24, 2.45) is 0 Å². The van der Waals surface area contributed by atoms with Crippen LogP contribution < -0.4 is 5.32 Å². The number of pyridine rings is 1. The van der Waals surface area contributed by atoms with Crippen LogP contribution >= 0.6 is 0 Å². The van der Waals surface area contributed by atoms with E-state index in [1.807, 2.05) is 6.92 Å². The molecule has 0 fully saturated rings. The van der Waals surface area contributed by atoms with Crippen molar-refractivity contribution in [1.82, 2.24) is 4.98 Å². The zero-order chi connectivity index (χ0) is 10.6. The average Bonchev–Trinajstić information content (AvgIpc) is 2.07. The van der Waals surface area contributed by atoms with Gasteiger partial charge in [0, 0.05) is 5.69 Å². The summed E-state index contributed by atoms with van der Waals surface area (Å²) >= 11 is 0. The first-order valence-corrected chi connectivity index (χ1v) is 4.30. The Morgan fingerprint density at radius 2 is 2.14 bits per heavy atom. The topological polar surface area (TPSA) is 59.1 Å². The summed E-state index contributed by atoms with van der Waals surface area (Å²) in [5.41, 5.74) is 1.50. The first-order valence-electron chi connectivity index (χ1n) is 4.30. The van der Waals surface area contributed by atoms with E-state index in [9.17, 15) is 9.59 Å². The second-order valence-corrected chi connectivity index (χ2v) is 3.12. The third kappa shape index (κ3) is 3.35. The summed E-state index contributed by atoms with van der Waals surface area (Å²) in [4.78, 5) is 25.8. The minimum Gasteiger partial charge on any atom is -0.324 e. The van der Waals surface area contributed by atoms with Crippen LogP contribution in [0.15, 0.2) is 18.3 Å². The SMILES string of the molecule is CC(=O)CC(=O)Nc1ccc(C)nc1. The summed E-state index contributed by atoms with van der Waals surface area (Å²) < 4.78 is 0. The van der Waals surface area contributed by atoms with Crippen molar-refractivity contribution < 1.29 is 9.59 Å². The third-order valence-electron chi connectivity index (χ3n) is 1.60. The second kappa shape index (κ2) is 4.50. The molecule has 1 heterocycles. The van der Waals surface area contributed by atoms with E-state index in [2.05, 4.69) is 10.3 Å². The summed E-state index contributed by atoms with van der Waals surface area (Å²) in [5, 5.41) is 2.58. The van der Waals surface area contributed by atoms with E-state index < -0.39 is 0 Å². The minimum atomic E-state index is -0.303. The van der Waals surface area contributed by atoms with Gasteiger partial charge < -0.3 is 5.32 Å². The van der Waals surface area contributed by atoms with Crippen molar-refractivity contribution in [1.29, 1.82) is 0 Å². The molecule has 1 aromatic heterocycles. The van der Waals surface area contributed by atoms with Crippen LogP contribution in [0.5, 0.6) is 0 Å². The Hall–Kier alpha value is -1.71. The maximum absolute atomic E-state index is 11.1. The monoisotopic (exact) mass is 192 g/mol. The van der Waals surface area contributed by atoms with E-state index in [0.29, 0.717) is 5.69 Å². The Balaban J connectivity index is 2.56. The number of Topliss-reactive ketones (excluding diaryl/α,β-unsaturated/α-hetero) is 1. The molecule has 0 atom stereocenters. The van der Waals surface area contributed by atoms with Crippen LogP contribution in [-0.4, -0.2) is 16.7 Å². The van der Waals surface area contributed by atoms with Crippen molar-refractivity contribution in [3.05, 3.63) is 24.0 Å². The summed E-state index contributed by atoms with van der Waals surface area (Å²) in [6.45, 7) is 3.24. The van der Waals surface area contributed by atoms with Gasteiger partial charge in [-0.3, -0.25) is 14.6 Å². The molecule has 0 bridgehead atoms. The highest BCUT2D eigenvalue weighted by molar-refractivity contribution is 6.03. The molecule has 0 aliphatic heterocycles. The van der Waals surface area contributed by atoms with E-state index in [-0.39, 0.29) is 18.1 Å². The quantitative estimate of drug-likeness (QED) is 0.734. The zero-order valence-corrected chi connectivity index (χ0v) is 8.20.